The van der Waals surface area contributed by atoms with Crippen LogP contribution < -0.4 is 25.3 Å². The quantitative estimate of drug-likeness (QED) is 0.325. The second-order valence-corrected chi connectivity index (χ2v) is 5.21. The van der Waals surface area contributed by atoms with Gasteiger partial charge in [0.2, 0.25) is 0 Å². The summed E-state index contributed by atoms with van der Waals surface area (Å²) in [7, 11) is 4.71. The van der Waals surface area contributed by atoms with Crippen LogP contribution in [-0.2, 0) is 0 Å². The lowest BCUT2D eigenvalue weighted by Crippen LogP contribution is -2.23. The molecule has 2 rings (SSSR count). The number of aliphatic imine (C=N–C) groups is 1. The lowest BCUT2D eigenvalue weighted by molar-refractivity contribution is 0.187. The topological polar surface area (TPSA) is 98.3 Å². The average molecular weight is 473 g/mol. The van der Waals surface area contributed by atoms with Crippen molar-refractivity contribution in [1.82, 2.24) is 0 Å². The van der Waals surface area contributed by atoms with E-state index in [1.165, 1.54) is 0 Å². The van der Waals surface area contributed by atoms with Crippen LogP contribution in [0.5, 0.6) is 17.2 Å². The predicted octanol–water partition coefficient (Wildman–Crippen LogP) is 2.79. The molecule has 8 heteroatoms. The number of ether oxygens (including phenoxy) is 3. The third kappa shape index (κ3) is 5.95. The van der Waals surface area contributed by atoms with E-state index in [0.29, 0.717) is 28.5 Å². The van der Waals surface area contributed by atoms with Gasteiger partial charge < -0.3 is 30.4 Å². The predicted molar refractivity (Wildman–Crippen MR) is 113 cm³/mol. The van der Waals surface area contributed by atoms with Crippen LogP contribution in [0.2, 0.25) is 0 Å². The van der Waals surface area contributed by atoms with Gasteiger partial charge in [0.15, 0.2) is 17.5 Å². The average Bonchev–Trinajstić information content (AvgIpc) is 2.65. The van der Waals surface area contributed by atoms with Gasteiger partial charge >= 0.3 is 0 Å². The minimum Gasteiger partial charge on any atom is -0.497 e. The van der Waals surface area contributed by atoms with E-state index >= 15 is 0 Å². The number of nitrogens with one attached hydrogen (secondary N) is 1. The lowest BCUT2D eigenvalue weighted by Gasteiger charge is -2.12. The Kier molecular flexibility index (Phi) is 9.00. The number of hydrogen-bond donors (Lipinski definition) is 3. The Balaban J connectivity index is 0.00000338. The van der Waals surface area contributed by atoms with Gasteiger partial charge in [-0.3, -0.25) is 4.99 Å². The van der Waals surface area contributed by atoms with E-state index in [1.807, 2.05) is 12.1 Å². The molecule has 0 aliphatic carbocycles. The highest BCUT2D eigenvalue weighted by Crippen LogP contribution is 2.29. The smallest absolute Gasteiger partial charge is 0.193 e. The highest BCUT2D eigenvalue weighted by atomic mass is 127. The summed E-state index contributed by atoms with van der Waals surface area (Å²) in [5, 5.41) is 13.2. The molecule has 1 unspecified atom stereocenters. The maximum absolute atomic E-state index is 10.2. The van der Waals surface area contributed by atoms with Crippen LogP contribution >= 0.6 is 24.0 Å². The number of halogens is 1. The Morgan fingerprint density at radius 2 is 1.81 bits per heavy atom. The maximum atomic E-state index is 10.2. The molecule has 2 aromatic carbocycles. The fourth-order valence-corrected chi connectivity index (χ4v) is 2.24. The first-order valence-corrected chi connectivity index (χ1v) is 7.68. The molecule has 1 atom stereocenters. The van der Waals surface area contributed by atoms with Gasteiger partial charge in [-0.25, -0.2) is 0 Å². The molecular weight excluding hydrogens is 449 g/mol. The van der Waals surface area contributed by atoms with Crippen molar-refractivity contribution in [1.29, 1.82) is 0 Å². The molecule has 0 saturated carbocycles. The van der Waals surface area contributed by atoms with E-state index in [2.05, 4.69) is 10.3 Å². The van der Waals surface area contributed by atoms with E-state index in [0.717, 1.165) is 0 Å². The maximum Gasteiger partial charge on any atom is 0.193 e. The van der Waals surface area contributed by atoms with Crippen LogP contribution in [0.4, 0.5) is 5.69 Å². The number of benzene rings is 2. The summed E-state index contributed by atoms with van der Waals surface area (Å²) in [6.45, 7) is 0.124. The normalized spacial score (nSPS) is 11.9. The lowest BCUT2D eigenvalue weighted by atomic mass is 10.1. The second-order valence-electron chi connectivity index (χ2n) is 5.21. The molecule has 142 valence electrons. The molecule has 0 aliphatic rings. The van der Waals surface area contributed by atoms with Gasteiger partial charge in [0.1, 0.15) is 5.75 Å². The number of nitrogens with zero attached hydrogens (tertiary/aromatic N) is 1. The Bertz CT molecular complexity index is 740. The molecule has 26 heavy (non-hydrogen) atoms. The van der Waals surface area contributed by atoms with Crippen LogP contribution in [0.15, 0.2) is 47.5 Å². The van der Waals surface area contributed by atoms with Gasteiger partial charge in [-0.2, -0.15) is 0 Å². The Morgan fingerprint density at radius 3 is 2.46 bits per heavy atom. The zero-order chi connectivity index (χ0) is 18.2. The van der Waals surface area contributed by atoms with Crippen LogP contribution in [0.3, 0.4) is 0 Å². The monoisotopic (exact) mass is 473 g/mol. The van der Waals surface area contributed by atoms with Gasteiger partial charge in [-0.05, 0) is 29.8 Å². The Morgan fingerprint density at radius 1 is 1.08 bits per heavy atom. The first-order valence-electron chi connectivity index (χ1n) is 7.68. The van der Waals surface area contributed by atoms with Crippen LogP contribution in [0, 0.1) is 0 Å². The molecule has 0 amide bonds. The SMILES string of the molecule is COc1cccc(C(O)CN=C(N)Nc2ccc(OC)c(OC)c2)c1.I. The third-order valence-corrected chi connectivity index (χ3v) is 3.57. The number of hydrogen-bond acceptors (Lipinski definition) is 5. The number of aliphatic hydroxyl groups is 1. The van der Waals surface area contributed by atoms with Gasteiger partial charge in [0, 0.05) is 11.8 Å². The summed E-state index contributed by atoms with van der Waals surface area (Å²) in [5.41, 5.74) is 7.29. The fraction of sp³-hybridized carbons (Fsp3) is 0.278. The molecule has 0 radical (unpaired) electrons. The summed E-state index contributed by atoms with van der Waals surface area (Å²) in [6.07, 6.45) is -0.777. The zero-order valence-corrected chi connectivity index (χ0v) is 17.3. The van der Waals surface area contributed by atoms with Crippen LogP contribution in [0.25, 0.3) is 0 Å². The van der Waals surface area contributed by atoms with Crippen LogP contribution in [0.1, 0.15) is 11.7 Å². The molecule has 0 heterocycles. The van der Waals surface area contributed by atoms with E-state index < -0.39 is 6.10 Å². The van der Waals surface area contributed by atoms with E-state index in [-0.39, 0.29) is 36.5 Å². The molecule has 7 nitrogen and oxygen atoms in total. The third-order valence-electron chi connectivity index (χ3n) is 3.57. The van der Waals surface area contributed by atoms with Crippen molar-refractivity contribution < 1.29 is 19.3 Å². The fourth-order valence-electron chi connectivity index (χ4n) is 2.24. The number of methoxy groups -OCH3 is 3. The van der Waals surface area contributed by atoms with Gasteiger partial charge in [0.05, 0.1) is 34.0 Å². The van der Waals surface area contributed by atoms with E-state index in [4.69, 9.17) is 19.9 Å². The first kappa shape index (κ1) is 21.8. The van der Waals surface area contributed by atoms with Crippen molar-refractivity contribution in [2.24, 2.45) is 10.7 Å². The van der Waals surface area contributed by atoms with Crippen molar-refractivity contribution in [3.8, 4) is 17.2 Å². The minimum atomic E-state index is -0.777. The molecular formula is C18H24IN3O4. The largest absolute Gasteiger partial charge is 0.497 e. The summed E-state index contributed by atoms with van der Waals surface area (Å²) in [5.74, 6) is 2.07. The Hall–Kier alpha value is -2.20. The molecule has 0 spiro atoms. The molecule has 0 aromatic heterocycles. The first-order chi connectivity index (χ1) is 12.1. The molecule has 0 fully saturated rings. The molecule has 0 aliphatic heterocycles. The number of guanidine groups is 1. The summed E-state index contributed by atoms with van der Waals surface area (Å²) in [4.78, 5) is 4.17. The van der Waals surface area contributed by atoms with Crippen molar-refractivity contribution in [3.63, 3.8) is 0 Å². The standard InChI is InChI=1S/C18H23N3O4.HI/c1-23-14-6-4-5-12(9-14)15(22)11-20-18(19)21-13-7-8-16(24-2)17(10-13)25-3;/h4-10,15,22H,11H2,1-3H3,(H3,19,20,21);1H. The van der Waals surface area contributed by atoms with Crippen molar-refractivity contribution in [2.45, 2.75) is 6.10 Å². The van der Waals surface area contributed by atoms with Crippen LogP contribution in [-0.4, -0.2) is 38.9 Å². The van der Waals surface area contributed by atoms with Gasteiger partial charge in [-0.15, -0.1) is 24.0 Å². The van der Waals surface area contributed by atoms with E-state index in [9.17, 15) is 5.11 Å². The van der Waals surface area contributed by atoms with Crippen molar-refractivity contribution in [2.75, 3.05) is 33.2 Å². The summed E-state index contributed by atoms with van der Waals surface area (Å²) >= 11 is 0. The zero-order valence-electron chi connectivity index (χ0n) is 14.9. The minimum absolute atomic E-state index is 0. The highest BCUT2D eigenvalue weighted by molar-refractivity contribution is 14.0. The van der Waals surface area contributed by atoms with Gasteiger partial charge in [-0.1, -0.05) is 12.1 Å². The number of rotatable bonds is 7. The summed E-state index contributed by atoms with van der Waals surface area (Å²) in [6, 6.07) is 12.5. The van der Waals surface area contributed by atoms with Crippen molar-refractivity contribution >= 4 is 35.6 Å². The molecule has 0 bridgehead atoms. The molecule has 2 aromatic rings. The van der Waals surface area contributed by atoms with E-state index in [1.54, 1.807) is 51.7 Å². The highest BCUT2D eigenvalue weighted by Gasteiger charge is 2.09. The number of anilines is 1. The molecule has 4 N–H and O–H groups in total. The Labute approximate surface area is 170 Å². The van der Waals surface area contributed by atoms with Crippen molar-refractivity contribution in [3.05, 3.63) is 48.0 Å². The van der Waals surface area contributed by atoms with Gasteiger partial charge in [0.25, 0.3) is 0 Å². The summed E-state index contributed by atoms with van der Waals surface area (Å²) < 4.78 is 15.6. The number of nitrogens with two attached hydrogens (primary N) is 1. The second kappa shape index (κ2) is 10.7. The molecule has 0 saturated heterocycles. The number of aliphatic hydroxyl groups excluding tert-OH is 1.